The molecule has 0 amide bonds. The zero-order valence-corrected chi connectivity index (χ0v) is 6.21. The van der Waals surface area contributed by atoms with Crippen molar-refractivity contribution in [1.82, 2.24) is 5.48 Å². The summed E-state index contributed by atoms with van der Waals surface area (Å²) in [4.78, 5) is 0. The van der Waals surface area contributed by atoms with E-state index >= 15 is 0 Å². The van der Waals surface area contributed by atoms with Gasteiger partial charge in [0.1, 0.15) is 0 Å². The molecule has 0 spiro atoms. The average molecular weight is 147 g/mol. The van der Waals surface area contributed by atoms with E-state index in [4.69, 9.17) is 10.0 Å². The van der Waals surface area contributed by atoms with Crippen LogP contribution in [0.4, 0.5) is 0 Å². The molecule has 60 valence electrons. The molecular formula is C5H14BNO3. The second kappa shape index (κ2) is 7.02. The fourth-order valence-corrected chi connectivity index (χ4v) is 0.581. The minimum Gasteiger partial charge on any atom is -0.401 e. The van der Waals surface area contributed by atoms with Gasteiger partial charge in [0, 0.05) is 6.54 Å². The highest BCUT2D eigenvalue weighted by Crippen LogP contribution is 1.90. The van der Waals surface area contributed by atoms with Crippen LogP contribution in [0.15, 0.2) is 0 Å². The quantitative estimate of drug-likeness (QED) is 0.273. The SMILES string of the molecule is CCCCCNOB(O)O. The molecule has 3 N–H and O–H groups in total. The van der Waals surface area contributed by atoms with E-state index in [2.05, 4.69) is 17.2 Å². The van der Waals surface area contributed by atoms with E-state index in [-0.39, 0.29) is 0 Å². The van der Waals surface area contributed by atoms with E-state index in [0.29, 0.717) is 6.54 Å². The third-order valence-electron chi connectivity index (χ3n) is 1.07. The Morgan fingerprint density at radius 1 is 1.40 bits per heavy atom. The van der Waals surface area contributed by atoms with E-state index in [1.54, 1.807) is 0 Å². The van der Waals surface area contributed by atoms with Gasteiger partial charge in [0.15, 0.2) is 0 Å². The smallest absolute Gasteiger partial charge is 0.401 e. The molecule has 0 rings (SSSR count). The lowest BCUT2D eigenvalue weighted by molar-refractivity contribution is 0.108. The molecule has 0 saturated carbocycles. The molecule has 10 heavy (non-hydrogen) atoms. The Morgan fingerprint density at radius 3 is 2.60 bits per heavy atom. The van der Waals surface area contributed by atoms with Gasteiger partial charge in [0.05, 0.1) is 0 Å². The minimum atomic E-state index is -1.71. The van der Waals surface area contributed by atoms with E-state index < -0.39 is 7.32 Å². The lowest BCUT2D eigenvalue weighted by atomic mass is 10.2. The van der Waals surface area contributed by atoms with E-state index in [0.717, 1.165) is 19.3 Å². The minimum absolute atomic E-state index is 0.658. The molecular weight excluding hydrogens is 133 g/mol. The number of rotatable bonds is 6. The van der Waals surface area contributed by atoms with E-state index in [1.807, 2.05) is 0 Å². The third-order valence-corrected chi connectivity index (χ3v) is 1.07. The van der Waals surface area contributed by atoms with Crippen LogP contribution in [0.3, 0.4) is 0 Å². The lowest BCUT2D eigenvalue weighted by Gasteiger charge is -2.02. The van der Waals surface area contributed by atoms with Gasteiger partial charge in [-0.1, -0.05) is 19.8 Å². The molecule has 0 aromatic rings. The molecule has 0 radical (unpaired) electrons. The lowest BCUT2D eigenvalue weighted by Crippen LogP contribution is -2.28. The van der Waals surface area contributed by atoms with Crippen LogP contribution in [0, 0.1) is 0 Å². The second-order valence-electron chi connectivity index (χ2n) is 2.05. The van der Waals surface area contributed by atoms with Gasteiger partial charge >= 0.3 is 7.32 Å². The monoisotopic (exact) mass is 147 g/mol. The predicted molar refractivity (Wildman–Crippen MR) is 38.8 cm³/mol. The summed E-state index contributed by atoms with van der Waals surface area (Å²) in [5.74, 6) is 0. The number of hydrogen-bond acceptors (Lipinski definition) is 4. The standard InChI is InChI=1S/C5H14BNO3/c1-2-3-4-5-7-10-6(8)9/h7-9H,2-5H2,1H3. The first kappa shape index (κ1) is 9.90. The first-order chi connectivity index (χ1) is 4.77. The van der Waals surface area contributed by atoms with Gasteiger partial charge in [-0.15, -0.1) is 0 Å². The molecule has 0 saturated heterocycles. The second-order valence-corrected chi connectivity index (χ2v) is 2.05. The summed E-state index contributed by atoms with van der Waals surface area (Å²) in [6.07, 6.45) is 3.25. The molecule has 0 aliphatic carbocycles. The van der Waals surface area contributed by atoms with Gasteiger partial charge in [-0.2, -0.15) is 0 Å². The van der Waals surface area contributed by atoms with Gasteiger partial charge in [0.2, 0.25) is 0 Å². The molecule has 4 nitrogen and oxygen atoms in total. The van der Waals surface area contributed by atoms with E-state index in [1.165, 1.54) is 0 Å². The summed E-state index contributed by atoms with van der Waals surface area (Å²) in [6.45, 7) is 2.76. The van der Waals surface area contributed by atoms with E-state index in [9.17, 15) is 0 Å². The predicted octanol–water partition coefficient (Wildman–Crippen LogP) is -0.333. The summed E-state index contributed by atoms with van der Waals surface area (Å²) in [5, 5.41) is 16.4. The molecule has 0 heterocycles. The van der Waals surface area contributed by atoms with Gasteiger partial charge < -0.3 is 14.8 Å². The van der Waals surface area contributed by atoms with Gasteiger partial charge in [-0.25, -0.2) is 5.48 Å². The number of unbranched alkanes of at least 4 members (excludes halogenated alkanes) is 2. The average Bonchev–Trinajstić information content (AvgIpc) is 1.87. The van der Waals surface area contributed by atoms with Crippen molar-refractivity contribution in [3.05, 3.63) is 0 Å². The topological polar surface area (TPSA) is 61.7 Å². The normalized spacial score (nSPS) is 9.90. The zero-order valence-electron chi connectivity index (χ0n) is 6.21. The number of hydrogen-bond donors (Lipinski definition) is 3. The Hall–Kier alpha value is -0.0951. The van der Waals surface area contributed by atoms with Crippen molar-refractivity contribution in [3.63, 3.8) is 0 Å². The molecule has 0 aliphatic rings. The number of nitrogens with one attached hydrogen (secondary N) is 1. The Kier molecular flexibility index (Phi) is 6.95. The third kappa shape index (κ3) is 7.90. The Labute approximate surface area is 61.3 Å². The molecule has 0 aromatic carbocycles. The van der Waals surface area contributed by atoms with Crippen LogP contribution in [0.5, 0.6) is 0 Å². The summed E-state index contributed by atoms with van der Waals surface area (Å²) in [5.41, 5.74) is 2.42. The highest BCUT2D eigenvalue weighted by Gasteiger charge is 2.06. The first-order valence-corrected chi connectivity index (χ1v) is 3.52. The van der Waals surface area contributed by atoms with Crippen LogP contribution in [0.2, 0.25) is 0 Å². The van der Waals surface area contributed by atoms with Crippen molar-refractivity contribution < 1.29 is 14.8 Å². The fraction of sp³-hybridized carbons (Fsp3) is 1.00. The Bertz CT molecular complexity index is 71.9. The molecule has 5 heteroatoms. The van der Waals surface area contributed by atoms with Crippen molar-refractivity contribution in [1.29, 1.82) is 0 Å². The highest BCUT2D eigenvalue weighted by atomic mass is 16.7. The Balaban J connectivity index is 2.77. The molecule has 0 atom stereocenters. The van der Waals surface area contributed by atoms with Crippen LogP contribution in [0.1, 0.15) is 26.2 Å². The highest BCUT2D eigenvalue weighted by molar-refractivity contribution is 6.32. The number of hydroxylamine groups is 1. The van der Waals surface area contributed by atoms with Crippen molar-refractivity contribution >= 4 is 7.32 Å². The molecule has 0 aromatic heterocycles. The van der Waals surface area contributed by atoms with Gasteiger partial charge in [-0.05, 0) is 6.42 Å². The van der Waals surface area contributed by atoms with Gasteiger partial charge in [-0.3, -0.25) is 0 Å². The van der Waals surface area contributed by atoms with Crippen LogP contribution in [-0.4, -0.2) is 23.9 Å². The van der Waals surface area contributed by atoms with Crippen LogP contribution in [-0.2, 0) is 4.76 Å². The van der Waals surface area contributed by atoms with Gasteiger partial charge in [0.25, 0.3) is 0 Å². The fourth-order valence-electron chi connectivity index (χ4n) is 0.581. The summed E-state index contributed by atoms with van der Waals surface area (Å²) in [7, 11) is -1.71. The van der Waals surface area contributed by atoms with Crippen molar-refractivity contribution in [2.24, 2.45) is 0 Å². The summed E-state index contributed by atoms with van der Waals surface area (Å²) >= 11 is 0. The summed E-state index contributed by atoms with van der Waals surface area (Å²) in [6, 6.07) is 0. The summed E-state index contributed by atoms with van der Waals surface area (Å²) < 4.78 is 4.25. The van der Waals surface area contributed by atoms with Crippen molar-refractivity contribution in [3.8, 4) is 0 Å². The molecule has 0 aliphatic heterocycles. The maximum atomic E-state index is 8.18. The van der Waals surface area contributed by atoms with Crippen LogP contribution in [0.25, 0.3) is 0 Å². The van der Waals surface area contributed by atoms with Crippen LogP contribution < -0.4 is 5.48 Å². The molecule has 0 fully saturated rings. The maximum absolute atomic E-state index is 8.18. The largest absolute Gasteiger partial charge is 0.651 e. The van der Waals surface area contributed by atoms with Crippen molar-refractivity contribution in [2.45, 2.75) is 26.2 Å². The van der Waals surface area contributed by atoms with Crippen molar-refractivity contribution in [2.75, 3.05) is 6.54 Å². The van der Waals surface area contributed by atoms with Crippen LogP contribution >= 0.6 is 0 Å². The first-order valence-electron chi connectivity index (χ1n) is 3.52. The Morgan fingerprint density at radius 2 is 2.10 bits per heavy atom. The maximum Gasteiger partial charge on any atom is 0.651 e. The molecule has 0 unspecified atom stereocenters. The zero-order chi connectivity index (χ0) is 7.82. The molecule has 0 bridgehead atoms.